The molecule has 1 aromatic heterocycles. The largest absolute Gasteiger partial charge is 0.339 e. The lowest BCUT2D eigenvalue weighted by molar-refractivity contribution is 0.724. The Kier molecular flexibility index (Phi) is 4.36. The number of nitrogens with zero attached hydrogens (tertiary/aromatic N) is 3. The predicted octanol–water partition coefficient (Wildman–Crippen LogP) is 2.91. The molecule has 5 heteroatoms. The van der Waals surface area contributed by atoms with Gasteiger partial charge in [-0.3, -0.25) is 0 Å². The van der Waals surface area contributed by atoms with Crippen LogP contribution in [0.4, 0.5) is 5.95 Å². The fourth-order valence-corrected chi connectivity index (χ4v) is 2.63. The topological polar surface area (TPSA) is 41.1 Å². The van der Waals surface area contributed by atoms with Crippen LogP contribution in [0.15, 0.2) is 30.3 Å². The van der Waals surface area contributed by atoms with Crippen molar-refractivity contribution in [3.05, 3.63) is 41.0 Å². The van der Waals surface area contributed by atoms with Crippen LogP contribution in [0.5, 0.6) is 0 Å². The number of aromatic nitrogens is 2. The molecule has 0 saturated carbocycles. The lowest BCUT2D eigenvalue weighted by Crippen LogP contribution is -2.29. The maximum atomic E-state index is 5.95. The van der Waals surface area contributed by atoms with Gasteiger partial charge in [0.15, 0.2) is 0 Å². The molecule has 0 unspecified atom stereocenters. The number of rotatable bonds is 2. The van der Waals surface area contributed by atoms with E-state index in [0.717, 1.165) is 60.5 Å². The van der Waals surface area contributed by atoms with Crippen LogP contribution >= 0.6 is 11.6 Å². The van der Waals surface area contributed by atoms with Gasteiger partial charge in [0, 0.05) is 35.9 Å². The average molecular weight is 303 g/mol. The Balaban J connectivity index is 1.93. The normalized spacial score (nSPS) is 15.8. The molecule has 1 N–H and O–H groups in total. The minimum atomic E-state index is 0.739. The number of halogens is 1. The number of aryl methyl sites for hydroxylation is 1. The first kappa shape index (κ1) is 14.3. The molecule has 2 aromatic rings. The van der Waals surface area contributed by atoms with Crippen LogP contribution in [0.25, 0.3) is 11.3 Å². The number of nitrogens with one attached hydrogen (secondary N) is 1. The summed E-state index contributed by atoms with van der Waals surface area (Å²) in [5, 5.41) is 4.14. The molecular weight excluding hydrogens is 284 g/mol. The molecule has 0 bridgehead atoms. The maximum absolute atomic E-state index is 5.95. The molecule has 1 saturated heterocycles. The van der Waals surface area contributed by atoms with E-state index in [2.05, 4.69) is 15.2 Å². The third-order valence-electron chi connectivity index (χ3n) is 3.61. The Morgan fingerprint density at radius 2 is 1.90 bits per heavy atom. The van der Waals surface area contributed by atoms with Crippen molar-refractivity contribution in [3.8, 4) is 11.3 Å². The summed E-state index contributed by atoms with van der Waals surface area (Å²) in [6.45, 7) is 6.00. The van der Waals surface area contributed by atoms with Gasteiger partial charge in [-0.1, -0.05) is 23.7 Å². The molecule has 2 heterocycles. The van der Waals surface area contributed by atoms with Crippen molar-refractivity contribution in [1.82, 2.24) is 15.3 Å². The van der Waals surface area contributed by atoms with Gasteiger partial charge >= 0.3 is 0 Å². The summed E-state index contributed by atoms with van der Waals surface area (Å²) in [7, 11) is 0. The fraction of sp³-hybridized carbons (Fsp3) is 0.375. The average Bonchev–Trinajstić information content (AvgIpc) is 2.76. The number of hydrogen-bond donors (Lipinski definition) is 1. The molecule has 110 valence electrons. The first-order valence-electron chi connectivity index (χ1n) is 7.30. The summed E-state index contributed by atoms with van der Waals surface area (Å²) in [6, 6.07) is 9.80. The SMILES string of the molecule is Cc1cc(-c2ccc(Cl)cc2)nc(N2CCCNCC2)n1. The Labute approximate surface area is 130 Å². The van der Waals surface area contributed by atoms with Gasteiger partial charge in [-0.05, 0) is 38.1 Å². The van der Waals surface area contributed by atoms with E-state index in [0.29, 0.717) is 0 Å². The fourth-order valence-electron chi connectivity index (χ4n) is 2.51. The minimum absolute atomic E-state index is 0.739. The van der Waals surface area contributed by atoms with Crippen LogP contribution < -0.4 is 10.2 Å². The van der Waals surface area contributed by atoms with Crippen molar-refractivity contribution in [3.63, 3.8) is 0 Å². The van der Waals surface area contributed by atoms with Crippen molar-refractivity contribution < 1.29 is 0 Å². The third-order valence-corrected chi connectivity index (χ3v) is 3.86. The highest BCUT2D eigenvalue weighted by atomic mass is 35.5. The second-order valence-electron chi connectivity index (χ2n) is 5.29. The first-order valence-corrected chi connectivity index (χ1v) is 7.67. The summed E-state index contributed by atoms with van der Waals surface area (Å²) < 4.78 is 0. The van der Waals surface area contributed by atoms with Crippen LogP contribution in [0.2, 0.25) is 5.02 Å². The number of benzene rings is 1. The molecule has 0 atom stereocenters. The number of anilines is 1. The molecule has 21 heavy (non-hydrogen) atoms. The highest BCUT2D eigenvalue weighted by Crippen LogP contribution is 2.22. The van der Waals surface area contributed by atoms with E-state index < -0.39 is 0 Å². The second-order valence-corrected chi connectivity index (χ2v) is 5.73. The van der Waals surface area contributed by atoms with E-state index in [1.165, 1.54) is 0 Å². The van der Waals surface area contributed by atoms with Gasteiger partial charge in [0.1, 0.15) is 0 Å². The molecule has 0 amide bonds. The predicted molar refractivity (Wildman–Crippen MR) is 86.9 cm³/mol. The van der Waals surface area contributed by atoms with E-state index in [4.69, 9.17) is 16.6 Å². The van der Waals surface area contributed by atoms with E-state index in [-0.39, 0.29) is 0 Å². The van der Waals surface area contributed by atoms with Gasteiger partial charge in [0.2, 0.25) is 5.95 Å². The van der Waals surface area contributed by atoms with Gasteiger partial charge in [-0.25, -0.2) is 9.97 Å². The molecule has 1 aliphatic rings. The Bertz CT molecular complexity index is 604. The molecule has 0 spiro atoms. The lowest BCUT2D eigenvalue weighted by Gasteiger charge is -2.20. The van der Waals surface area contributed by atoms with Crippen molar-refractivity contribution in [2.75, 3.05) is 31.1 Å². The van der Waals surface area contributed by atoms with Crippen LogP contribution in [0.3, 0.4) is 0 Å². The summed E-state index contributed by atoms with van der Waals surface area (Å²) in [5.74, 6) is 0.823. The highest BCUT2D eigenvalue weighted by molar-refractivity contribution is 6.30. The van der Waals surface area contributed by atoms with Crippen molar-refractivity contribution >= 4 is 17.5 Å². The van der Waals surface area contributed by atoms with Gasteiger partial charge in [0.05, 0.1) is 5.69 Å². The molecule has 0 aliphatic carbocycles. The van der Waals surface area contributed by atoms with Crippen molar-refractivity contribution in [1.29, 1.82) is 0 Å². The van der Waals surface area contributed by atoms with E-state index in [1.807, 2.05) is 37.3 Å². The standard InChI is InChI=1S/C16H19ClN4/c1-12-11-15(13-3-5-14(17)6-4-13)20-16(19-12)21-9-2-7-18-8-10-21/h3-6,11,18H,2,7-10H2,1H3. The maximum Gasteiger partial charge on any atom is 0.226 e. The van der Waals surface area contributed by atoms with Gasteiger partial charge in [-0.15, -0.1) is 0 Å². The Morgan fingerprint density at radius 1 is 1.10 bits per heavy atom. The summed E-state index contributed by atoms with van der Waals surface area (Å²) >= 11 is 5.95. The molecule has 1 aromatic carbocycles. The summed E-state index contributed by atoms with van der Waals surface area (Å²) in [6.07, 6.45) is 1.12. The van der Waals surface area contributed by atoms with E-state index in [1.54, 1.807) is 0 Å². The zero-order valence-corrected chi connectivity index (χ0v) is 12.9. The Hall–Kier alpha value is -1.65. The molecule has 1 fully saturated rings. The van der Waals surface area contributed by atoms with Crippen LogP contribution in [0, 0.1) is 6.92 Å². The quantitative estimate of drug-likeness (QED) is 0.926. The van der Waals surface area contributed by atoms with Crippen LogP contribution in [-0.4, -0.2) is 36.1 Å². The number of hydrogen-bond acceptors (Lipinski definition) is 4. The zero-order valence-electron chi connectivity index (χ0n) is 12.1. The molecule has 4 nitrogen and oxygen atoms in total. The van der Waals surface area contributed by atoms with Crippen molar-refractivity contribution in [2.24, 2.45) is 0 Å². The smallest absolute Gasteiger partial charge is 0.226 e. The third kappa shape index (κ3) is 3.52. The first-order chi connectivity index (χ1) is 10.2. The van der Waals surface area contributed by atoms with Crippen LogP contribution in [0.1, 0.15) is 12.1 Å². The monoisotopic (exact) mass is 302 g/mol. The molecule has 0 radical (unpaired) electrons. The minimum Gasteiger partial charge on any atom is -0.339 e. The second kappa shape index (κ2) is 6.41. The van der Waals surface area contributed by atoms with Gasteiger partial charge < -0.3 is 10.2 Å². The van der Waals surface area contributed by atoms with E-state index >= 15 is 0 Å². The lowest BCUT2D eigenvalue weighted by atomic mass is 10.1. The van der Waals surface area contributed by atoms with Gasteiger partial charge in [-0.2, -0.15) is 0 Å². The molecular formula is C16H19ClN4. The summed E-state index contributed by atoms with van der Waals surface area (Å²) in [4.78, 5) is 11.6. The molecule has 3 rings (SSSR count). The van der Waals surface area contributed by atoms with E-state index in [9.17, 15) is 0 Å². The Morgan fingerprint density at radius 3 is 2.71 bits per heavy atom. The highest BCUT2D eigenvalue weighted by Gasteiger charge is 2.14. The van der Waals surface area contributed by atoms with Crippen LogP contribution in [-0.2, 0) is 0 Å². The van der Waals surface area contributed by atoms with Gasteiger partial charge in [0.25, 0.3) is 0 Å². The molecule has 1 aliphatic heterocycles. The van der Waals surface area contributed by atoms with Crippen molar-refractivity contribution in [2.45, 2.75) is 13.3 Å². The zero-order chi connectivity index (χ0) is 14.7. The summed E-state index contributed by atoms with van der Waals surface area (Å²) in [5.41, 5.74) is 3.01.